The molecule has 1 saturated carbocycles. The molecule has 0 heterocycles. The molecule has 3 atom stereocenters. The predicted molar refractivity (Wildman–Crippen MR) is 73.2 cm³/mol. The van der Waals surface area contributed by atoms with Crippen LogP contribution in [0.3, 0.4) is 0 Å². The molecule has 100 valence electrons. The highest BCUT2D eigenvalue weighted by Crippen LogP contribution is 2.31. The summed E-state index contributed by atoms with van der Waals surface area (Å²) in [5.74, 6) is 0.953. The summed E-state index contributed by atoms with van der Waals surface area (Å²) in [5, 5.41) is 3.04. The van der Waals surface area contributed by atoms with Gasteiger partial charge in [-0.25, -0.2) is 0 Å². The topological polar surface area (TPSA) is 29.1 Å². The number of halogens is 1. The second kappa shape index (κ2) is 6.08. The normalized spacial score (nSPS) is 26.9. The molecule has 0 saturated heterocycles. The van der Waals surface area contributed by atoms with E-state index in [-0.39, 0.29) is 22.6 Å². The van der Waals surface area contributed by atoms with Crippen LogP contribution < -0.4 is 5.32 Å². The van der Waals surface area contributed by atoms with Gasteiger partial charge in [-0.05, 0) is 30.6 Å². The molecule has 1 amide bonds. The Labute approximate surface area is 110 Å². The van der Waals surface area contributed by atoms with E-state index >= 15 is 0 Å². The minimum Gasteiger partial charge on any atom is -0.354 e. The van der Waals surface area contributed by atoms with E-state index in [4.69, 9.17) is 11.6 Å². The Balaban J connectivity index is 2.28. The molecule has 1 fully saturated rings. The molecule has 1 N–H and O–H groups in total. The minimum absolute atomic E-state index is 0.0376. The van der Waals surface area contributed by atoms with Gasteiger partial charge in [-0.2, -0.15) is 0 Å². The smallest absolute Gasteiger partial charge is 0.223 e. The van der Waals surface area contributed by atoms with Gasteiger partial charge in [-0.15, -0.1) is 11.6 Å². The largest absolute Gasteiger partial charge is 0.354 e. The molecular formula is C14H26ClNO. The molecule has 17 heavy (non-hydrogen) atoms. The Kier molecular flexibility index (Phi) is 5.30. The van der Waals surface area contributed by atoms with Gasteiger partial charge in [0.1, 0.15) is 0 Å². The standard InChI is InChI=1S/C14H26ClNO/c1-10-6-5-7-12(10)13(17)16-9-11(15)8-14(2,3)4/h10-12H,5-9H2,1-4H3,(H,16,17). The van der Waals surface area contributed by atoms with Crippen LogP contribution in [0, 0.1) is 17.3 Å². The minimum atomic E-state index is 0.0376. The van der Waals surface area contributed by atoms with Crippen LogP contribution in [-0.4, -0.2) is 17.8 Å². The van der Waals surface area contributed by atoms with Gasteiger partial charge < -0.3 is 5.32 Å². The van der Waals surface area contributed by atoms with Gasteiger partial charge in [0.25, 0.3) is 0 Å². The first-order valence-corrected chi connectivity index (χ1v) is 7.15. The highest BCUT2D eigenvalue weighted by Gasteiger charge is 2.29. The van der Waals surface area contributed by atoms with Crippen LogP contribution in [0.4, 0.5) is 0 Å². The molecular weight excluding hydrogens is 234 g/mol. The summed E-state index contributed by atoms with van der Waals surface area (Å²) in [7, 11) is 0. The first kappa shape index (κ1) is 14.8. The molecule has 0 spiro atoms. The van der Waals surface area contributed by atoms with Crippen LogP contribution >= 0.6 is 11.6 Å². The lowest BCUT2D eigenvalue weighted by Gasteiger charge is -2.23. The Bertz CT molecular complexity index is 259. The van der Waals surface area contributed by atoms with Gasteiger partial charge in [-0.3, -0.25) is 4.79 Å². The van der Waals surface area contributed by atoms with Crippen LogP contribution in [0.5, 0.6) is 0 Å². The van der Waals surface area contributed by atoms with Crippen molar-refractivity contribution in [3.63, 3.8) is 0 Å². The van der Waals surface area contributed by atoms with Crippen LogP contribution in [-0.2, 0) is 4.79 Å². The van der Waals surface area contributed by atoms with E-state index in [1.165, 1.54) is 12.8 Å². The van der Waals surface area contributed by atoms with Crippen molar-refractivity contribution in [3.05, 3.63) is 0 Å². The van der Waals surface area contributed by atoms with E-state index in [9.17, 15) is 4.79 Å². The molecule has 1 rings (SSSR count). The summed E-state index contributed by atoms with van der Waals surface area (Å²) < 4.78 is 0. The number of amides is 1. The molecule has 0 aromatic rings. The van der Waals surface area contributed by atoms with Crippen LogP contribution in [0.1, 0.15) is 53.4 Å². The number of carbonyl (C=O) groups is 1. The molecule has 0 aliphatic heterocycles. The maximum atomic E-state index is 12.0. The number of hydrogen-bond donors (Lipinski definition) is 1. The third-order valence-corrected chi connectivity index (χ3v) is 3.84. The van der Waals surface area contributed by atoms with Crippen molar-refractivity contribution in [2.45, 2.75) is 58.8 Å². The Hall–Kier alpha value is -0.240. The first-order valence-electron chi connectivity index (χ1n) is 6.71. The van der Waals surface area contributed by atoms with Crippen molar-refractivity contribution in [1.29, 1.82) is 0 Å². The average Bonchev–Trinajstić information content (AvgIpc) is 2.58. The fourth-order valence-electron chi connectivity index (χ4n) is 2.61. The Morgan fingerprint density at radius 1 is 1.41 bits per heavy atom. The van der Waals surface area contributed by atoms with Crippen LogP contribution in [0.25, 0.3) is 0 Å². The van der Waals surface area contributed by atoms with Crippen LogP contribution in [0.2, 0.25) is 0 Å². The molecule has 2 nitrogen and oxygen atoms in total. The van der Waals surface area contributed by atoms with Crippen molar-refractivity contribution in [1.82, 2.24) is 5.32 Å². The van der Waals surface area contributed by atoms with Gasteiger partial charge in [-0.1, -0.05) is 34.1 Å². The summed E-state index contributed by atoms with van der Waals surface area (Å²) >= 11 is 6.24. The first-order chi connectivity index (χ1) is 7.79. The molecule has 0 aromatic heterocycles. The molecule has 0 bridgehead atoms. The second-order valence-corrected chi connectivity index (χ2v) is 7.24. The lowest BCUT2D eigenvalue weighted by Crippen LogP contribution is -2.36. The van der Waals surface area contributed by atoms with E-state index in [1.807, 2.05) is 0 Å². The third-order valence-electron chi connectivity index (χ3n) is 3.53. The highest BCUT2D eigenvalue weighted by molar-refractivity contribution is 6.20. The number of carbonyl (C=O) groups excluding carboxylic acids is 1. The maximum absolute atomic E-state index is 12.0. The number of hydrogen-bond acceptors (Lipinski definition) is 1. The van der Waals surface area contributed by atoms with Crippen molar-refractivity contribution >= 4 is 17.5 Å². The zero-order chi connectivity index (χ0) is 13.1. The van der Waals surface area contributed by atoms with E-state index in [2.05, 4.69) is 33.0 Å². The monoisotopic (exact) mass is 259 g/mol. The SMILES string of the molecule is CC1CCCC1C(=O)NCC(Cl)CC(C)(C)C. The number of rotatable bonds is 4. The van der Waals surface area contributed by atoms with Gasteiger partial charge in [0.2, 0.25) is 5.91 Å². The van der Waals surface area contributed by atoms with Crippen molar-refractivity contribution in [2.24, 2.45) is 17.3 Å². The second-order valence-electron chi connectivity index (χ2n) is 6.62. The van der Waals surface area contributed by atoms with Crippen molar-refractivity contribution in [2.75, 3.05) is 6.54 Å². The summed E-state index contributed by atoms with van der Waals surface area (Å²) in [5.41, 5.74) is 0.220. The highest BCUT2D eigenvalue weighted by atomic mass is 35.5. The number of alkyl halides is 1. The molecule has 1 aliphatic carbocycles. The van der Waals surface area contributed by atoms with Gasteiger partial charge >= 0.3 is 0 Å². The van der Waals surface area contributed by atoms with Crippen molar-refractivity contribution < 1.29 is 4.79 Å². The molecule has 0 aromatic carbocycles. The Morgan fingerprint density at radius 3 is 2.53 bits per heavy atom. The molecule has 3 unspecified atom stereocenters. The van der Waals surface area contributed by atoms with Crippen molar-refractivity contribution in [3.8, 4) is 0 Å². The van der Waals surface area contributed by atoms with E-state index < -0.39 is 0 Å². The molecule has 1 aliphatic rings. The zero-order valence-corrected chi connectivity index (χ0v) is 12.3. The van der Waals surface area contributed by atoms with Gasteiger partial charge in [0, 0.05) is 12.5 Å². The maximum Gasteiger partial charge on any atom is 0.223 e. The Morgan fingerprint density at radius 2 is 2.06 bits per heavy atom. The fraction of sp³-hybridized carbons (Fsp3) is 0.929. The van der Waals surface area contributed by atoms with Gasteiger partial charge in [0.05, 0.1) is 5.38 Å². The average molecular weight is 260 g/mol. The lowest BCUT2D eigenvalue weighted by atomic mass is 9.90. The van der Waals surface area contributed by atoms with E-state index in [0.717, 1.165) is 12.8 Å². The quantitative estimate of drug-likeness (QED) is 0.769. The predicted octanol–water partition coefficient (Wildman–Crippen LogP) is 3.58. The fourth-order valence-corrected chi connectivity index (χ4v) is 3.15. The number of nitrogens with one attached hydrogen (secondary N) is 1. The van der Waals surface area contributed by atoms with E-state index in [1.54, 1.807) is 0 Å². The summed E-state index contributed by atoms with van der Waals surface area (Å²) in [6.07, 6.45) is 4.34. The molecule has 0 radical (unpaired) electrons. The summed E-state index contributed by atoms with van der Waals surface area (Å²) in [4.78, 5) is 12.0. The zero-order valence-electron chi connectivity index (χ0n) is 11.6. The summed E-state index contributed by atoms with van der Waals surface area (Å²) in [6.45, 7) is 9.28. The molecule has 3 heteroatoms. The summed E-state index contributed by atoms with van der Waals surface area (Å²) in [6, 6.07) is 0. The van der Waals surface area contributed by atoms with Crippen LogP contribution in [0.15, 0.2) is 0 Å². The lowest BCUT2D eigenvalue weighted by molar-refractivity contribution is -0.125. The van der Waals surface area contributed by atoms with E-state index in [0.29, 0.717) is 12.5 Å². The van der Waals surface area contributed by atoms with Gasteiger partial charge in [0.15, 0.2) is 0 Å². The third kappa shape index (κ3) is 5.29.